The van der Waals surface area contributed by atoms with E-state index in [4.69, 9.17) is 4.74 Å². The first-order valence-electron chi connectivity index (χ1n) is 14.8. The first kappa shape index (κ1) is 25.8. The first-order chi connectivity index (χ1) is 16.3. The number of hydrogen-bond donors (Lipinski definition) is 1. The number of carboxylic acids is 1. The van der Waals surface area contributed by atoms with E-state index in [2.05, 4.69) is 61.5 Å². The number of fused-ring (bicyclic) bond motifs is 7. The highest BCUT2D eigenvalue weighted by Gasteiger charge is 2.70. The molecule has 0 bridgehead atoms. The second-order valence-electron chi connectivity index (χ2n) is 14.9. The van der Waals surface area contributed by atoms with E-state index in [1.807, 2.05) is 0 Å². The molecule has 10 atom stereocenters. The minimum Gasteiger partial charge on any atom is -0.481 e. The highest BCUT2D eigenvalue weighted by atomic mass is 16.5. The van der Waals surface area contributed by atoms with Gasteiger partial charge in [-0.3, -0.25) is 4.79 Å². The van der Waals surface area contributed by atoms with Crippen molar-refractivity contribution in [3.05, 3.63) is 11.6 Å². The number of ether oxygens (including phenoxy) is 1. The summed E-state index contributed by atoms with van der Waals surface area (Å²) in [6.07, 6.45) is 12.8. The Labute approximate surface area is 214 Å². The van der Waals surface area contributed by atoms with Crippen molar-refractivity contribution in [2.45, 2.75) is 119 Å². The monoisotopic (exact) mass is 484 g/mol. The minimum absolute atomic E-state index is 0.0805. The Balaban J connectivity index is 1.64. The Morgan fingerprint density at radius 1 is 0.971 bits per heavy atom. The fourth-order valence-corrected chi connectivity index (χ4v) is 11.3. The van der Waals surface area contributed by atoms with Crippen molar-refractivity contribution in [3.63, 3.8) is 0 Å². The van der Waals surface area contributed by atoms with Crippen molar-refractivity contribution >= 4 is 5.97 Å². The second-order valence-corrected chi connectivity index (χ2v) is 14.9. The predicted molar refractivity (Wildman–Crippen MR) is 142 cm³/mol. The van der Waals surface area contributed by atoms with Crippen molar-refractivity contribution in [2.75, 3.05) is 6.61 Å². The smallest absolute Gasteiger partial charge is 0.310 e. The van der Waals surface area contributed by atoms with Gasteiger partial charge in [-0.15, -0.1) is 0 Å². The van der Waals surface area contributed by atoms with Gasteiger partial charge in [0.15, 0.2) is 0 Å². The van der Waals surface area contributed by atoms with Gasteiger partial charge in [0.05, 0.1) is 11.5 Å². The maximum absolute atomic E-state index is 12.9. The van der Waals surface area contributed by atoms with Gasteiger partial charge in [0.1, 0.15) is 0 Å². The van der Waals surface area contributed by atoms with Crippen LogP contribution in [0.5, 0.6) is 0 Å². The molecule has 4 fully saturated rings. The van der Waals surface area contributed by atoms with Gasteiger partial charge in [0.2, 0.25) is 0 Å². The third-order valence-electron chi connectivity index (χ3n) is 13.6. The lowest BCUT2D eigenvalue weighted by Crippen LogP contribution is -2.67. The third kappa shape index (κ3) is 3.15. The molecule has 0 aromatic rings. The van der Waals surface area contributed by atoms with E-state index >= 15 is 0 Å². The van der Waals surface area contributed by atoms with E-state index in [0.717, 1.165) is 38.7 Å². The van der Waals surface area contributed by atoms with Crippen LogP contribution in [-0.2, 0) is 9.53 Å². The van der Waals surface area contributed by atoms with Crippen LogP contribution in [0.3, 0.4) is 0 Å². The second kappa shape index (κ2) is 8.08. The summed E-state index contributed by atoms with van der Waals surface area (Å²) in [5.41, 5.74) is 1.78. The van der Waals surface area contributed by atoms with E-state index in [1.54, 1.807) is 0 Å². The number of hydrogen-bond acceptors (Lipinski definition) is 2. The van der Waals surface area contributed by atoms with E-state index in [9.17, 15) is 9.90 Å². The topological polar surface area (TPSA) is 46.5 Å². The third-order valence-corrected chi connectivity index (χ3v) is 13.6. The predicted octanol–water partition coefficient (Wildman–Crippen LogP) is 8.13. The van der Waals surface area contributed by atoms with Crippen LogP contribution in [0.1, 0.15) is 113 Å². The molecule has 0 spiro atoms. The van der Waals surface area contributed by atoms with Crippen LogP contribution in [0.4, 0.5) is 0 Å². The summed E-state index contributed by atoms with van der Waals surface area (Å²) >= 11 is 0. The van der Waals surface area contributed by atoms with Gasteiger partial charge >= 0.3 is 5.97 Å². The molecule has 3 nitrogen and oxygen atoms in total. The van der Waals surface area contributed by atoms with Gasteiger partial charge < -0.3 is 9.84 Å². The quantitative estimate of drug-likeness (QED) is 0.411. The zero-order valence-electron chi connectivity index (χ0n) is 23.9. The molecular formula is C32H52O3. The van der Waals surface area contributed by atoms with Crippen molar-refractivity contribution in [1.82, 2.24) is 0 Å². The van der Waals surface area contributed by atoms with Crippen LogP contribution in [0, 0.1) is 56.7 Å². The van der Waals surface area contributed by atoms with Crippen molar-refractivity contribution in [1.29, 1.82) is 0 Å². The highest BCUT2D eigenvalue weighted by Crippen LogP contribution is 2.76. The molecule has 0 aromatic carbocycles. The number of rotatable bonds is 3. The summed E-state index contributed by atoms with van der Waals surface area (Å²) in [5, 5.41) is 10.6. The van der Waals surface area contributed by atoms with Gasteiger partial charge in [-0.2, -0.15) is 0 Å². The maximum Gasteiger partial charge on any atom is 0.310 e. The molecule has 0 aliphatic heterocycles. The van der Waals surface area contributed by atoms with E-state index in [-0.39, 0.29) is 22.2 Å². The van der Waals surface area contributed by atoms with Crippen LogP contribution >= 0.6 is 0 Å². The van der Waals surface area contributed by atoms with Crippen LogP contribution in [0.25, 0.3) is 0 Å². The van der Waals surface area contributed by atoms with Gasteiger partial charge in [0.25, 0.3) is 0 Å². The molecule has 0 aromatic heterocycles. The molecule has 0 amide bonds. The molecule has 0 heterocycles. The van der Waals surface area contributed by atoms with Gasteiger partial charge in [-0.1, -0.05) is 60.1 Å². The zero-order valence-corrected chi connectivity index (χ0v) is 23.9. The van der Waals surface area contributed by atoms with E-state index < -0.39 is 11.4 Å². The van der Waals surface area contributed by atoms with Gasteiger partial charge in [-0.05, 0) is 111 Å². The molecule has 35 heavy (non-hydrogen) atoms. The molecule has 198 valence electrons. The van der Waals surface area contributed by atoms with Gasteiger partial charge in [-0.25, -0.2) is 0 Å². The summed E-state index contributed by atoms with van der Waals surface area (Å²) in [6.45, 7) is 20.5. The SMILES string of the molecule is CCOC1CCC(C)(C)[C@@H]2CC[C@]3(C)[C@H](CC=C4[C@@H]5[C@@H](C)[C@H](C)CC[C@]5(C(=O)O)CC[C@]43C)[C@@]12C. The Hall–Kier alpha value is -0.830. The lowest BCUT2D eigenvalue weighted by molar-refractivity contribution is -0.231. The summed E-state index contributed by atoms with van der Waals surface area (Å²) in [4.78, 5) is 12.9. The van der Waals surface area contributed by atoms with Crippen molar-refractivity contribution < 1.29 is 14.6 Å². The molecule has 5 aliphatic rings. The molecule has 0 saturated heterocycles. The fourth-order valence-electron chi connectivity index (χ4n) is 11.3. The average molecular weight is 485 g/mol. The summed E-state index contributed by atoms with van der Waals surface area (Å²) in [7, 11) is 0. The maximum atomic E-state index is 12.9. The standard InChI is InChI=1S/C32H52O3/c1-9-35-25-14-15-28(4,5)23-13-16-30(7)24(31(23,25)8)11-10-22-26-21(3)20(2)12-17-32(26,27(33)34)19-18-29(22,30)6/h10,20-21,23-26H,9,11-19H2,1-8H3,(H,33,34)/t20-,21+,23+,24+,25?,26+,29-,30-,31+,32+/m1/s1. The van der Waals surface area contributed by atoms with Crippen molar-refractivity contribution in [3.8, 4) is 0 Å². The number of aliphatic carboxylic acids is 1. The number of carbonyl (C=O) groups is 1. The minimum atomic E-state index is -0.553. The number of carboxylic acid groups (broad SMARTS) is 1. The molecule has 1 unspecified atom stereocenters. The van der Waals surface area contributed by atoms with Crippen LogP contribution in [-0.4, -0.2) is 23.8 Å². The average Bonchev–Trinajstić information content (AvgIpc) is 2.78. The van der Waals surface area contributed by atoms with Crippen LogP contribution < -0.4 is 0 Å². The zero-order chi connectivity index (χ0) is 25.6. The Kier molecular flexibility index (Phi) is 5.96. The lowest BCUT2D eigenvalue weighted by atomic mass is 9.33. The first-order valence-corrected chi connectivity index (χ1v) is 14.8. The van der Waals surface area contributed by atoms with Crippen LogP contribution in [0.2, 0.25) is 0 Å². The normalized spacial score (nSPS) is 52.9. The largest absolute Gasteiger partial charge is 0.481 e. The Morgan fingerprint density at radius 3 is 2.34 bits per heavy atom. The molecule has 5 rings (SSSR count). The van der Waals surface area contributed by atoms with Crippen molar-refractivity contribution in [2.24, 2.45) is 56.7 Å². The van der Waals surface area contributed by atoms with Crippen LogP contribution in [0.15, 0.2) is 11.6 Å². The molecule has 1 N–H and O–H groups in total. The summed E-state index contributed by atoms with van der Waals surface area (Å²) < 4.78 is 6.58. The van der Waals surface area contributed by atoms with E-state index in [1.165, 1.54) is 31.3 Å². The Morgan fingerprint density at radius 2 is 1.69 bits per heavy atom. The molecular weight excluding hydrogens is 432 g/mol. The molecule has 4 saturated carbocycles. The fraction of sp³-hybridized carbons (Fsp3) is 0.906. The number of allylic oxidation sites excluding steroid dienone is 2. The Bertz CT molecular complexity index is 904. The summed E-state index contributed by atoms with van der Waals surface area (Å²) in [5.74, 6) is 1.96. The van der Waals surface area contributed by atoms with Gasteiger partial charge in [0, 0.05) is 12.0 Å². The summed E-state index contributed by atoms with van der Waals surface area (Å²) in [6, 6.07) is 0. The van der Waals surface area contributed by atoms with E-state index in [0.29, 0.717) is 35.2 Å². The molecule has 0 radical (unpaired) electrons. The molecule has 5 aliphatic carbocycles. The lowest BCUT2D eigenvalue weighted by Gasteiger charge is -2.72. The highest BCUT2D eigenvalue weighted by molar-refractivity contribution is 5.76. The molecule has 3 heteroatoms.